The summed E-state index contributed by atoms with van der Waals surface area (Å²) in [5.74, 6) is 0.960. The zero-order valence-electron chi connectivity index (χ0n) is 12.8. The van der Waals surface area contributed by atoms with Crippen LogP contribution in [0.3, 0.4) is 0 Å². The van der Waals surface area contributed by atoms with Crippen molar-refractivity contribution in [1.82, 2.24) is 4.98 Å². The van der Waals surface area contributed by atoms with Gasteiger partial charge in [0.05, 0.1) is 11.2 Å². The minimum Gasteiger partial charge on any atom is -0.465 e. The van der Waals surface area contributed by atoms with E-state index < -0.39 is 0 Å². The van der Waals surface area contributed by atoms with Gasteiger partial charge in [-0.1, -0.05) is 24.3 Å². The Hall–Kier alpha value is -2.62. The Kier molecular flexibility index (Phi) is 3.67. The van der Waals surface area contributed by atoms with Crippen LogP contribution < -0.4 is 0 Å². The Morgan fingerprint density at radius 2 is 1.86 bits per heavy atom. The molecule has 0 radical (unpaired) electrons. The lowest BCUT2D eigenvalue weighted by molar-refractivity contribution is 0.0465. The molecule has 1 aromatic carbocycles. The van der Waals surface area contributed by atoms with Gasteiger partial charge in [0.1, 0.15) is 23.7 Å². The van der Waals surface area contributed by atoms with Crippen LogP contribution >= 0.6 is 0 Å². The fourth-order valence-electron chi connectivity index (χ4n) is 2.49. The summed E-state index contributed by atoms with van der Waals surface area (Å²) in [6.45, 7) is 5.61. The second-order valence-corrected chi connectivity index (χ2v) is 5.29. The summed E-state index contributed by atoms with van der Waals surface area (Å²) < 4.78 is 10.8. The highest BCUT2D eigenvalue weighted by Gasteiger charge is 2.20. The number of aryl methyl sites for hydroxylation is 2. The molecular formula is C18H17NO3. The number of aromatic nitrogens is 1. The lowest BCUT2D eigenvalue weighted by Crippen LogP contribution is -2.08. The van der Waals surface area contributed by atoms with Crippen molar-refractivity contribution in [1.29, 1.82) is 0 Å². The smallest absolute Gasteiger partial charge is 0.342 e. The van der Waals surface area contributed by atoms with Gasteiger partial charge in [0.15, 0.2) is 0 Å². The number of hydrogen-bond donors (Lipinski definition) is 0. The molecule has 0 spiro atoms. The summed E-state index contributed by atoms with van der Waals surface area (Å²) in [5, 5.41) is 1.06. The SMILES string of the molecule is Cc1oc(C)c(C(=O)OCc2ccc3ccccc3n2)c1C. The number of furan rings is 1. The first-order valence-corrected chi connectivity index (χ1v) is 7.14. The third-order valence-electron chi connectivity index (χ3n) is 3.77. The molecule has 0 saturated heterocycles. The zero-order chi connectivity index (χ0) is 15.7. The third-order valence-corrected chi connectivity index (χ3v) is 3.77. The number of pyridine rings is 1. The molecule has 22 heavy (non-hydrogen) atoms. The number of ether oxygens (including phenoxy) is 1. The topological polar surface area (TPSA) is 52.3 Å². The summed E-state index contributed by atoms with van der Waals surface area (Å²) in [7, 11) is 0. The molecule has 112 valence electrons. The average molecular weight is 295 g/mol. The van der Waals surface area contributed by atoms with Crippen LogP contribution in [0.25, 0.3) is 10.9 Å². The first-order chi connectivity index (χ1) is 10.6. The number of benzene rings is 1. The molecule has 0 aliphatic carbocycles. The van der Waals surface area contributed by atoms with Gasteiger partial charge in [-0.2, -0.15) is 0 Å². The van der Waals surface area contributed by atoms with Crippen molar-refractivity contribution >= 4 is 16.9 Å². The van der Waals surface area contributed by atoms with Crippen LogP contribution in [-0.4, -0.2) is 11.0 Å². The largest absolute Gasteiger partial charge is 0.465 e. The van der Waals surface area contributed by atoms with E-state index in [4.69, 9.17) is 9.15 Å². The number of rotatable bonds is 3. The van der Waals surface area contributed by atoms with Crippen LogP contribution in [0.5, 0.6) is 0 Å². The van der Waals surface area contributed by atoms with E-state index >= 15 is 0 Å². The Morgan fingerprint density at radius 3 is 2.59 bits per heavy atom. The molecule has 0 saturated carbocycles. The highest BCUT2D eigenvalue weighted by atomic mass is 16.5. The Labute approximate surface area is 128 Å². The maximum atomic E-state index is 12.2. The van der Waals surface area contributed by atoms with Gasteiger partial charge in [0, 0.05) is 10.9 Å². The van der Waals surface area contributed by atoms with E-state index in [-0.39, 0.29) is 12.6 Å². The van der Waals surface area contributed by atoms with E-state index in [1.807, 2.05) is 50.2 Å². The molecule has 4 heteroatoms. The monoisotopic (exact) mass is 295 g/mol. The van der Waals surface area contributed by atoms with Crippen molar-refractivity contribution in [2.24, 2.45) is 0 Å². The van der Waals surface area contributed by atoms with E-state index in [9.17, 15) is 4.79 Å². The number of para-hydroxylation sites is 1. The third kappa shape index (κ3) is 2.60. The van der Waals surface area contributed by atoms with Crippen LogP contribution in [0, 0.1) is 20.8 Å². The van der Waals surface area contributed by atoms with Gasteiger partial charge in [-0.05, 0) is 32.9 Å². The Morgan fingerprint density at radius 1 is 1.09 bits per heavy atom. The first kappa shape index (κ1) is 14.3. The molecule has 0 atom stereocenters. The average Bonchev–Trinajstić information content (AvgIpc) is 2.77. The fourth-order valence-corrected chi connectivity index (χ4v) is 2.49. The van der Waals surface area contributed by atoms with Crippen LogP contribution in [0.4, 0.5) is 0 Å². The molecule has 0 fully saturated rings. The van der Waals surface area contributed by atoms with Gasteiger partial charge in [-0.25, -0.2) is 9.78 Å². The van der Waals surface area contributed by atoms with Crippen LogP contribution in [0.1, 0.15) is 33.1 Å². The maximum Gasteiger partial charge on any atom is 0.342 e. The maximum absolute atomic E-state index is 12.2. The Bertz CT molecular complexity index is 849. The molecule has 4 nitrogen and oxygen atoms in total. The fraction of sp³-hybridized carbons (Fsp3) is 0.222. The van der Waals surface area contributed by atoms with Crippen LogP contribution in [0.2, 0.25) is 0 Å². The second kappa shape index (κ2) is 5.64. The highest BCUT2D eigenvalue weighted by molar-refractivity contribution is 5.92. The van der Waals surface area contributed by atoms with E-state index in [0.717, 1.165) is 27.9 Å². The van der Waals surface area contributed by atoms with Gasteiger partial charge in [0.2, 0.25) is 0 Å². The predicted molar refractivity (Wildman–Crippen MR) is 83.8 cm³/mol. The molecule has 0 aliphatic heterocycles. The molecule has 0 aliphatic rings. The standard InChI is InChI=1S/C18H17NO3/c1-11-12(2)22-13(3)17(11)18(20)21-10-15-9-8-14-6-4-5-7-16(14)19-15/h4-9H,10H2,1-3H3. The van der Waals surface area contributed by atoms with Crippen molar-refractivity contribution in [3.63, 3.8) is 0 Å². The summed E-state index contributed by atoms with van der Waals surface area (Å²) in [6, 6.07) is 11.7. The Balaban J connectivity index is 1.77. The number of carbonyl (C=O) groups excluding carboxylic acids is 1. The highest BCUT2D eigenvalue weighted by Crippen LogP contribution is 2.22. The van der Waals surface area contributed by atoms with Crippen molar-refractivity contribution in [2.45, 2.75) is 27.4 Å². The first-order valence-electron chi connectivity index (χ1n) is 7.14. The van der Waals surface area contributed by atoms with E-state index in [2.05, 4.69) is 4.98 Å². The molecule has 0 unspecified atom stereocenters. The second-order valence-electron chi connectivity index (χ2n) is 5.29. The number of fused-ring (bicyclic) bond motifs is 1. The van der Waals surface area contributed by atoms with E-state index in [1.165, 1.54) is 0 Å². The summed E-state index contributed by atoms with van der Waals surface area (Å²) >= 11 is 0. The van der Waals surface area contributed by atoms with Crippen molar-refractivity contribution in [3.8, 4) is 0 Å². The summed E-state index contributed by atoms with van der Waals surface area (Å²) in [6.07, 6.45) is 0. The van der Waals surface area contributed by atoms with Crippen molar-refractivity contribution < 1.29 is 13.9 Å². The molecule has 3 aromatic rings. The quantitative estimate of drug-likeness (QED) is 0.682. The number of nitrogens with zero attached hydrogens (tertiary/aromatic N) is 1. The molecule has 0 N–H and O–H groups in total. The minimum absolute atomic E-state index is 0.146. The number of carbonyl (C=O) groups is 1. The lowest BCUT2D eigenvalue weighted by Gasteiger charge is -2.06. The predicted octanol–water partition coefficient (Wildman–Crippen LogP) is 4.11. The van der Waals surface area contributed by atoms with Crippen molar-refractivity contribution in [3.05, 3.63) is 64.7 Å². The minimum atomic E-state index is -0.373. The van der Waals surface area contributed by atoms with Crippen LogP contribution in [-0.2, 0) is 11.3 Å². The lowest BCUT2D eigenvalue weighted by atomic mass is 10.1. The summed E-state index contributed by atoms with van der Waals surface area (Å²) in [5.41, 5.74) is 2.96. The van der Waals surface area contributed by atoms with Gasteiger partial charge in [-0.3, -0.25) is 0 Å². The molecule has 3 rings (SSSR count). The molecule has 0 bridgehead atoms. The van der Waals surface area contributed by atoms with Gasteiger partial charge in [0.25, 0.3) is 0 Å². The molecular weight excluding hydrogens is 278 g/mol. The van der Waals surface area contributed by atoms with E-state index in [1.54, 1.807) is 6.92 Å². The van der Waals surface area contributed by atoms with Gasteiger partial charge in [-0.15, -0.1) is 0 Å². The zero-order valence-corrected chi connectivity index (χ0v) is 12.8. The van der Waals surface area contributed by atoms with Crippen molar-refractivity contribution in [2.75, 3.05) is 0 Å². The summed E-state index contributed by atoms with van der Waals surface area (Å²) in [4.78, 5) is 16.7. The van der Waals surface area contributed by atoms with Crippen LogP contribution in [0.15, 0.2) is 40.8 Å². The van der Waals surface area contributed by atoms with E-state index in [0.29, 0.717) is 11.3 Å². The molecule has 2 heterocycles. The molecule has 2 aromatic heterocycles. The normalized spacial score (nSPS) is 10.9. The molecule has 0 amide bonds. The van der Waals surface area contributed by atoms with Gasteiger partial charge < -0.3 is 9.15 Å². The number of hydrogen-bond acceptors (Lipinski definition) is 4. The van der Waals surface area contributed by atoms with Gasteiger partial charge >= 0.3 is 5.97 Å². The number of esters is 1.